The molecule has 21 heavy (non-hydrogen) atoms. The van der Waals surface area contributed by atoms with Gasteiger partial charge in [0.25, 0.3) is 5.56 Å². The van der Waals surface area contributed by atoms with Crippen molar-refractivity contribution in [3.05, 3.63) is 73.7 Å². The standard InChI is InChI=1S/C15H11Br2N3O/c16-11-4-3-5-12(17)15(11)18-9-10-8-14(21)20-7-2-1-6-13(20)19-10/h1-8,18H,9H2. The molecule has 4 nitrogen and oxygen atoms in total. The Morgan fingerprint density at radius 2 is 1.86 bits per heavy atom. The maximum Gasteiger partial charge on any atom is 0.258 e. The number of nitrogens with zero attached hydrogens (tertiary/aromatic N) is 2. The van der Waals surface area contributed by atoms with Crippen LogP contribution in [-0.4, -0.2) is 9.38 Å². The van der Waals surface area contributed by atoms with Crippen molar-refractivity contribution < 1.29 is 0 Å². The van der Waals surface area contributed by atoms with Gasteiger partial charge in [-0.3, -0.25) is 9.20 Å². The van der Waals surface area contributed by atoms with Gasteiger partial charge in [-0.15, -0.1) is 0 Å². The van der Waals surface area contributed by atoms with Crippen molar-refractivity contribution in [2.45, 2.75) is 6.54 Å². The third-order valence-electron chi connectivity index (χ3n) is 3.03. The highest BCUT2D eigenvalue weighted by Gasteiger charge is 2.06. The number of benzene rings is 1. The molecule has 0 unspecified atom stereocenters. The molecule has 1 N–H and O–H groups in total. The largest absolute Gasteiger partial charge is 0.378 e. The molecule has 0 spiro atoms. The zero-order valence-electron chi connectivity index (χ0n) is 10.9. The predicted octanol–water partition coefficient (Wildman–Crippen LogP) is 3.83. The molecule has 2 heterocycles. The first-order chi connectivity index (χ1) is 10.1. The van der Waals surface area contributed by atoms with E-state index in [1.54, 1.807) is 12.3 Å². The van der Waals surface area contributed by atoms with E-state index in [4.69, 9.17) is 0 Å². The van der Waals surface area contributed by atoms with Crippen LogP contribution in [0.25, 0.3) is 5.65 Å². The van der Waals surface area contributed by atoms with Crippen LogP contribution in [0.4, 0.5) is 5.69 Å². The maximum absolute atomic E-state index is 12.0. The summed E-state index contributed by atoms with van der Waals surface area (Å²) in [5.74, 6) is 0. The highest BCUT2D eigenvalue weighted by atomic mass is 79.9. The third-order valence-corrected chi connectivity index (χ3v) is 4.35. The van der Waals surface area contributed by atoms with E-state index in [1.807, 2.05) is 36.4 Å². The van der Waals surface area contributed by atoms with Gasteiger partial charge in [-0.05, 0) is 56.1 Å². The van der Waals surface area contributed by atoms with Crippen LogP contribution >= 0.6 is 31.9 Å². The lowest BCUT2D eigenvalue weighted by Gasteiger charge is -2.10. The smallest absolute Gasteiger partial charge is 0.258 e. The molecule has 0 bridgehead atoms. The molecule has 2 aromatic heterocycles. The van der Waals surface area contributed by atoms with Crippen molar-refractivity contribution in [1.82, 2.24) is 9.38 Å². The second kappa shape index (κ2) is 5.99. The van der Waals surface area contributed by atoms with Crippen molar-refractivity contribution in [2.24, 2.45) is 0 Å². The van der Waals surface area contributed by atoms with E-state index in [0.29, 0.717) is 17.9 Å². The number of hydrogen-bond acceptors (Lipinski definition) is 3. The number of aromatic nitrogens is 2. The summed E-state index contributed by atoms with van der Waals surface area (Å²) < 4.78 is 3.43. The molecule has 0 aliphatic rings. The summed E-state index contributed by atoms with van der Waals surface area (Å²) in [5.41, 5.74) is 2.21. The second-order valence-electron chi connectivity index (χ2n) is 4.46. The minimum Gasteiger partial charge on any atom is -0.378 e. The average molecular weight is 409 g/mol. The first-order valence-corrected chi connectivity index (χ1v) is 7.89. The number of para-hydroxylation sites is 1. The van der Waals surface area contributed by atoms with Gasteiger partial charge in [0.1, 0.15) is 5.65 Å². The van der Waals surface area contributed by atoms with E-state index in [0.717, 1.165) is 14.6 Å². The quantitative estimate of drug-likeness (QED) is 0.716. The van der Waals surface area contributed by atoms with Gasteiger partial charge in [-0.25, -0.2) is 4.98 Å². The SMILES string of the molecule is O=c1cc(CNc2c(Br)cccc2Br)nc2ccccn12. The summed E-state index contributed by atoms with van der Waals surface area (Å²) in [4.78, 5) is 16.5. The summed E-state index contributed by atoms with van der Waals surface area (Å²) in [6.45, 7) is 0.474. The predicted molar refractivity (Wildman–Crippen MR) is 90.6 cm³/mol. The summed E-state index contributed by atoms with van der Waals surface area (Å²) in [6.07, 6.45) is 1.71. The fourth-order valence-corrected chi connectivity index (χ4v) is 3.32. The lowest BCUT2D eigenvalue weighted by Crippen LogP contribution is -2.16. The minimum atomic E-state index is -0.0800. The van der Waals surface area contributed by atoms with E-state index >= 15 is 0 Å². The summed E-state index contributed by atoms with van der Waals surface area (Å²) in [7, 11) is 0. The van der Waals surface area contributed by atoms with Crippen molar-refractivity contribution >= 4 is 43.2 Å². The molecule has 0 fully saturated rings. The molecule has 3 rings (SSSR count). The number of fused-ring (bicyclic) bond motifs is 1. The second-order valence-corrected chi connectivity index (χ2v) is 6.17. The molecular formula is C15H11Br2N3O. The average Bonchev–Trinajstić information content (AvgIpc) is 2.47. The molecule has 0 saturated carbocycles. The van der Waals surface area contributed by atoms with Gasteiger partial charge in [0, 0.05) is 21.2 Å². The van der Waals surface area contributed by atoms with Gasteiger partial charge in [-0.2, -0.15) is 0 Å². The number of rotatable bonds is 3. The molecule has 0 saturated heterocycles. The van der Waals surface area contributed by atoms with E-state index in [1.165, 1.54) is 4.40 Å². The van der Waals surface area contributed by atoms with E-state index in [-0.39, 0.29) is 5.56 Å². The molecule has 0 atom stereocenters. The molecule has 106 valence electrons. The summed E-state index contributed by atoms with van der Waals surface area (Å²) in [6, 6.07) is 12.9. The summed E-state index contributed by atoms with van der Waals surface area (Å²) in [5, 5.41) is 3.29. The van der Waals surface area contributed by atoms with Gasteiger partial charge < -0.3 is 5.32 Å². The number of hydrogen-bond donors (Lipinski definition) is 1. The zero-order chi connectivity index (χ0) is 14.8. The highest BCUT2D eigenvalue weighted by Crippen LogP contribution is 2.30. The van der Waals surface area contributed by atoms with Crippen LogP contribution in [0.15, 0.2) is 62.4 Å². The molecule has 0 aliphatic heterocycles. The van der Waals surface area contributed by atoms with Gasteiger partial charge >= 0.3 is 0 Å². The Hall–Kier alpha value is -1.66. The maximum atomic E-state index is 12.0. The van der Waals surface area contributed by atoms with Gasteiger partial charge in [-0.1, -0.05) is 12.1 Å². The molecule has 0 amide bonds. The van der Waals surface area contributed by atoms with E-state index < -0.39 is 0 Å². The van der Waals surface area contributed by atoms with Gasteiger partial charge in [0.05, 0.1) is 17.9 Å². The summed E-state index contributed by atoms with van der Waals surface area (Å²) >= 11 is 6.99. The molecule has 0 radical (unpaired) electrons. The number of nitrogens with one attached hydrogen (secondary N) is 1. The van der Waals surface area contributed by atoms with Crippen molar-refractivity contribution in [3.8, 4) is 0 Å². The number of pyridine rings is 1. The van der Waals surface area contributed by atoms with Crippen LogP contribution < -0.4 is 10.9 Å². The van der Waals surface area contributed by atoms with Gasteiger partial charge in [0.2, 0.25) is 0 Å². The third kappa shape index (κ3) is 3.01. The highest BCUT2D eigenvalue weighted by molar-refractivity contribution is 9.11. The van der Waals surface area contributed by atoms with Crippen molar-refractivity contribution in [1.29, 1.82) is 0 Å². The Morgan fingerprint density at radius 1 is 1.10 bits per heavy atom. The number of anilines is 1. The van der Waals surface area contributed by atoms with E-state index in [2.05, 4.69) is 42.2 Å². The van der Waals surface area contributed by atoms with Crippen LogP contribution in [-0.2, 0) is 6.54 Å². The molecule has 6 heteroatoms. The van der Waals surface area contributed by atoms with Crippen molar-refractivity contribution in [2.75, 3.05) is 5.32 Å². The molecular weight excluding hydrogens is 398 g/mol. The van der Waals surface area contributed by atoms with Crippen LogP contribution in [0.1, 0.15) is 5.69 Å². The topological polar surface area (TPSA) is 46.4 Å². The Kier molecular flexibility index (Phi) is 4.07. The van der Waals surface area contributed by atoms with E-state index in [9.17, 15) is 4.79 Å². The molecule has 1 aromatic carbocycles. The first-order valence-electron chi connectivity index (χ1n) is 6.30. The monoisotopic (exact) mass is 407 g/mol. The lowest BCUT2D eigenvalue weighted by molar-refractivity contribution is 0.970. The minimum absolute atomic E-state index is 0.0800. The van der Waals surface area contributed by atoms with Crippen LogP contribution in [0.3, 0.4) is 0 Å². The Balaban J connectivity index is 1.91. The Labute approximate surface area is 138 Å². The fourth-order valence-electron chi connectivity index (χ4n) is 2.04. The fraction of sp³-hybridized carbons (Fsp3) is 0.0667. The normalized spacial score (nSPS) is 10.8. The van der Waals surface area contributed by atoms with Gasteiger partial charge in [0.15, 0.2) is 0 Å². The molecule has 0 aliphatic carbocycles. The van der Waals surface area contributed by atoms with Crippen LogP contribution in [0.5, 0.6) is 0 Å². The Bertz CT molecular complexity index is 841. The van der Waals surface area contributed by atoms with Crippen LogP contribution in [0, 0.1) is 0 Å². The zero-order valence-corrected chi connectivity index (χ0v) is 14.1. The van der Waals surface area contributed by atoms with Crippen LogP contribution in [0.2, 0.25) is 0 Å². The Morgan fingerprint density at radius 3 is 2.62 bits per heavy atom. The first kappa shape index (κ1) is 14.3. The number of halogens is 2. The van der Waals surface area contributed by atoms with Crippen molar-refractivity contribution in [3.63, 3.8) is 0 Å². The lowest BCUT2D eigenvalue weighted by atomic mass is 10.3. The molecule has 3 aromatic rings.